The van der Waals surface area contributed by atoms with Crippen molar-refractivity contribution in [2.75, 3.05) is 25.2 Å². The van der Waals surface area contributed by atoms with E-state index in [0.717, 1.165) is 27.9 Å². The van der Waals surface area contributed by atoms with Gasteiger partial charge in [-0.1, -0.05) is 36.4 Å². The maximum Gasteiger partial charge on any atom is 0.242 e. The molecule has 0 fully saturated rings. The van der Waals surface area contributed by atoms with E-state index in [1.165, 1.54) is 0 Å². The second-order valence-corrected chi connectivity index (χ2v) is 10.1. The molecule has 6 heteroatoms. The predicted octanol–water partition coefficient (Wildman–Crippen LogP) is 5.93. The number of aliphatic imine (C=N–C) groups is 1. The average Bonchev–Trinajstić information content (AvgIpc) is 3.08. The minimum absolute atomic E-state index is 0.0486. The first-order valence-electron chi connectivity index (χ1n) is 12.9. The Hall–Kier alpha value is -3.80. The van der Waals surface area contributed by atoms with Crippen molar-refractivity contribution in [3.8, 4) is 17.2 Å². The van der Waals surface area contributed by atoms with Gasteiger partial charge in [-0.2, -0.15) is 0 Å². The highest BCUT2D eigenvalue weighted by atomic mass is 16.5. The smallest absolute Gasteiger partial charge is 0.242 e. The van der Waals surface area contributed by atoms with Crippen LogP contribution in [0.5, 0.6) is 17.2 Å². The van der Waals surface area contributed by atoms with E-state index in [2.05, 4.69) is 23.2 Å². The molecule has 3 aromatic carbocycles. The summed E-state index contributed by atoms with van der Waals surface area (Å²) in [5, 5.41) is 0. The van der Waals surface area contributed by atoms with Gasteiger partial charge < -0.3 is 19.1 Å². The van der Waals surface area contributed by atoms with E-state index in [-0.39, 0.29) is 5.91 Å². The molecule has 37 heavy (non-hydrogen) atoms. The van der Waals surface area contributed by atoms with Crippen LogP contribution < -0.4 is 19.1 Å². The number of amides is 1. The number of carbonyl (C=O) groups is 1. The molecule has 1 amide bonds. The molecule has 3 aromatic rings. The quantitative estimate of drug-likeness (QED) is 0.379. The van der Waals surface area contributed by atoms with Gasteiger partial charge in [0.05, 0.1) is 19.8 Å². The molecule has 0 radical (unpaired) electrons. The molecule has 192 valence electrons. The van der Waals surface area contributed by atoms with Gasteiger partial charge >= 0.3 is 0 Å². The molecule has 1 unspecified atom stereocenters. The third-order valence-corrected chi connectivity index (χ3v) is 7.02. The summed E-state index contributed by atoms with van der Waals surface area (Å²) in [6.45, 7) is 9.43. The van der Waals surface area contributed by atoms with E-state index in [9.17, 15) is 4.79 Å². The number of ether oxygens (including phenoxy) is 3. The Bertz CT molecular complexity index is 1360. The topological polar surface area (TPSA) is 60.4 Å². The molecule has 0 saturated carbocycles. The van der Waals surface area contributed by atoms with Gasteiger partial charge in [0, 0.05) is 37.0 Å². The summed E-state index contributed by atoms with van der Waals surface area (Å²) in [6.07, 6.45) is 2.34. The lowest BCUT2D eigenvalue weighted by atomic mass is 9.67. The van der Waals surface area contributed by atoms with Crippen LogP contribution in [0.4, 0.5) is 5.69 Å². The fraction of sp³-hybridized carbons (Fsp3) is 0.355. The van der Waals surface area contributed by atoms with E-state index in [1.807, 2.05) is 81.3 Å². The number of hydrogen-bond acceptors (Lipinski definition) is 5. The molecule has 0 aliphatic carbocycles. The van der Waals surface area contributed by atoms with E-state index in [0.29, 0.717) is 43.4 Å². The molecule has 2 heterocycles. The van der Waals surface area contributed by atoms with Gasteiger partial charge in [-0.25, -0.2) is 0 Å². The van der Waals surface area contributed by atoms with Crippen molar-refractivity contribution in [1.29, 1.82) is 0 Å². The van der Waals surface area contributed by atoms with E-state index in [1.54, 1.807) is 7.05 Å². The molecule has 0 bridgehead atoms. The van der Waals surface area contributed by atoms with Crippen LogP contribution in [-0.4, -0.2) is 38.0 Å². The SMILES string of the molecule is CCOc1cc2c(cc1OCC)C1(CC(C)(C)O2)C(=O)N(Cc2cccc(C=NC)c2)c2ccccc21. The van der Waals surface area contributed by atoms with Crippen LogP contribution in [0.1, 0.15) is 56.4 Å². The number of anilines is 1. The number of fused-ring (bicyclic) bond motifs is 4. The second kappa shape index (κ2) is 9.58. The van der Waals surface area contributed by atoms with Crippen molar-refractivity contribution in [2.24, 2.45) is 4.99 Å². The first kappa shape index (κ1) is 24.9. The lowest BCUT2D eigenvalue weighted by Crippen LogP contribution is -2.50. The second-order valence-electron chi connectivity index (χ2n) is 10.1. The van der Waals surface area contributed by atoms with E-state index >= 15 is 0 Å². The summed E-state index contributed by atoms with van der Waals surface area (Å²) in [5.41, 5.74) is 3.34. The molecule has 2 aliphatic heterocycles. The van der Waals surface area contributed by atoms with Crippen LogP contribution in [0.3, 0.4) is 0 Å². The largest absolute Gasteiger partial charge is 0.490 e. The Morgan fingerprint density at radius 3 is 2.43 bits per heavy atom. The zero-order chi connectivity index (χ0) is 26.2. The fourth-order valence-electron chi connectivity index (χ4n) is 5.78. The minimum atomic E-state index is -0.896. The summed E-state index contributed by atoms with van der Waals surface area (Å²) in [5.74, 6) is 1.96. The summed E-state index contributed by atoms with van der Waals surface area (Å²) in [7, 11) is 1.76. The third kappa shape index (κ3) is 4.24. The maximum atomic E-state index is 14.7. The molecule has 6 nitrogen and oxygen atoms in total. The monoisotopic (exact) mass is 498 g/mol. The Morgan fingerprint density at radius 2 is 1.70 bits per heavy atom. The standard InChI is InChI=1S/C31H34N2O4/c1-6-35-27-16-24-26(17-28(27)36-7-2)37-30(3,4)20-31(24)23-13-8-9-14-25(23)33(29(31)34)19-22-12-10-11-21(15-22)18-32-5/h8-18H,6-7,19-20H2,1-5H3. The van der Waals surface area contributed by atoms with Crippen LogP contribution >= 0.6 is 0 Å². The number of carbonyl (C=O) groups excluding carboxylic acids is 1. The van der Waals surface area contributed by atoms with Crippen LogP contribution in [0.15, 0.2) is 65.7 Å². The average molecular weight is 499 g/mol. The summed E-state index contributed by atoms with van der Waals surface area (Å²) < 4.78 is 18.3. The summed E-state index contributed by atoms with van der Waals surface area (Å²) in [4.78, 5) is 20.7. The first-order chi connectivity index (χ1) is 17.8. The van der Waals surface area contributed by atoms with Crippen molar-refractivity contribution < 1.29 is 19.0 Å². The number of rotatable bonds is 7. The molecule has 0 aromatic heterocycles. The predicted molar refractivity (Wildman–Crippen MR) is 146 cm³/mol. The zero-order valence-corrected chi connectivity index (χ0v) is 22.2. The molecular formula is C31H34N2O4. The highest BCUT2D eigenvalue weighted by Crippen LogP contribution is 2.57. The number of para-hydroxylation sites is 1. The Labute approximate surface area is 218 Å². The lowest BCUT2D eigenvalue weighted by Gasteiger charge is -2.43. The fourth-order valence-corrected chi connectivity index (χ4v) is 5.78. The Kier molecular flexibility index (Phi) is 6.44. The zero-order valence-electron chi connectivity index (χ0n) is 22.2. The van der Waals surface area contributed by atoms with Gasteiger partial charge in [0.15, 0.2) is 11.5 Å². The Morgan fingerprint density at radius 1 is 0.973 bits per heavy atom. The van der Waals surface area contributed by atoms with Gasteiger partial charge in [-0.05, 0) is 62.6 Å². The molecule has 1 atom stereocenters. The molecular weight excluding hydrogens is 464 g/mol. The highest BCUT2D eigenvalue weighted by molar-refractivity contribution is 6.11. The Balaban J connectivity index is 1.68. The van der Waals surface area contributed by atoms with Gasteiger partial charge in [0.2, 0.25) is 5.91 Å². The molecule has 2 aliphatic rings. The van der Waals surface area contributed by atoms with Gasteiger partial charge in [-0.3, -0.25) is 9.79 Å². The van der Waals surface area contributed by atoms with Crippen LogP contribution in [0, 0.1) is 0 Å². The van der Waals surface area contributed by atoms with E-state index < -0.39 is 11.0 Å². The lowest BCUT2D eigenvalue weighted by molar-refractivity contribution is -0.124. The van der Waals surface area contributed by atoms with E-state index in [4.69, 9.17) is 14.2 Å². The van der Waals surface area contributed by atoms with Gasteiger partial charge in [0.1, 0.15) is 16.8 Å². The van der Waals surface area contributed by atoms with Crippen molar-refractivity contribution in [3.05, 3.63) is 82.9 Å². The van der Waals surface area contributed by atoms with Gasteiger partial charge in [0.25, 0.3) is 0 Å². The maximum absolute atomic E-state index is 14.7. The van der Waals surface area contributed by atoms with Crippen molar-refractivity contribution in [3.63, 3.8) is 0 Å². The number of nitrogens with zero attached hydrogens (tertiary/aromatic N) is 2. The van der Waals surface area contributed by atoms with Crippen LogP contribution in [0.25, 0.3) is 0 Å². The normalized spacial score (nSPS) is 19.6. The number of hydrogen-bond donors (Lipinski definition) is 0. The third-order valence-electron chi connectivity index (χ3n) is 7.02. The van der Waals surface area contributed by atoms with Crippen molar-refractivity contribution in [1.82, 2.24) is 0 Å². The van der Waals surface area contributed by atoms with Crippen LogP contribution in [0.2, 0.25) is 0 Å². The first-order valence-corrected chi connectivity index (χ1v) is 12.9. The summed E-state index contributed by atoms with van der Waals surface area (Å²) >= 11 is 0. The molecule has 0 N–H and O–H groups in total. The van der Waals surface area contributed by atoms with Crippen LogP contribution in [-0.2, 0) is 16.8 Å². The minimum Gasteiger partial charge on any atom is -0.490 e. The van der Waals surface area contributed by atoms with Crippen molar-refractivity contribution >= 4 is 17.8 Å². The number of benzene rings is 3. The van der Waals surface area contributed by atoms with Crippen molar-refractivity contribution in [2.45, 2.75) is 51.7 Å². The summed E-state index contributed by atoms with van der Waals surface area (Å²) in [6, 6.07) is 20.1. The highest BCUT2D eigenvalue weighted by Gasteiger charge is 2.58. The molecule has 0 saturated heterocycles. The molecule has 5 rings (SSSR count). The molecule has 1 spiro atoms. The van der Waals surface area contributed by atoms with Gasteiger partial charge in [-0.15, -0.1) is 0 Å².